The molecule has 79 heavy (non-hydrogen) atoms. The van der Waals surface area contributed by atoms with Gasteiger partial charge in [0.15, 0.2) is 17.5 Å². The fourth-order valence-corrected chi connectivity index (χ4v) is 98.7. The number of hydrogen-bond donors (Lipinski definition) is 0. The number of aromatic nitrogens is 3. The van der Waals surface area contributed by atoms with Crippen LogP contribution in [-0.2, 0) is 5.41 Å². The van der Waals surface area contributed by atoms with E-state index in [1.807, 2.05) is 72.8 Å². The molecule has 0 aliphatic heterocycles. The molecule has 2 aliphatic carbocycles. The zero-order chi connectivity index (χ0) is 53.5. The molecule has 15 rings (SSSR count). The summed E-state index contributed by atoms with van der Waals surface area (Å²) in [6.07, 6.45) is 0. The van der Waals surface area contributed by atoms with E-state index in [-0.39, 0.29) is 27.9 Å². The van der Waals surface area contributed by atoms with E-state index in [1.165, 1.54) is 50.1 Å². The van der Waals surface area contributed by atoms with Gasteiger partial charge in [0.05, 0.1) is 5.41 Å². The first-order valence-electron chi connectivity index (χ1n) is 25.6. The number of fused-ring (bicyclic) bond motifs is 16. The standard InChI is InChI=1S/C64H37N3O2.H12P10/c1-3-16-38(17-4-1)61-65-62(39-18-5-2-6-19-39)67-63(66-61)47-25-15-31-57-60(47)49-37-41(33-35-55(49)69-57)43-24-14-30-56-59(43)48-36-40(32-34-54(48)68-56)42-23-13-29-53-58(42)46-22-9-12-28-52(46)64(53)50-26-10-7-20-44(50)45-21-8-11-27-51(45)64;1-7(2)10(8(3)4)9(5)6/h1-37H;1-6H2. The zero-order valence-electron chi connectivity index (χ0n) is 42.3. The monoisotopic (exact) mass is 1200 g/mol. The van der Waals surface area contributed by atoms with Crippen molar-refractivity contribution in [3.05, 3.63) is 247 Å². The van der Waals surface area contributed by atoms with Gasteiger partial charge < -0.3 is 8.83 Å². The van der Waals surface area contributed by atoms with Crippen LogP contribution >= 0.6 is 81.5 Å². The number of furan rings is 2. The molecule has 1 spiro atoms. The summed E-state index contributed by atoms with van der Waals surface area (Å²) >= 11 is 0. The largest absolute Gasteiger partial charge is 0.456 e. The van der Waals surface area contributed by atoms with Crippen LogP contribution in [0.1, 0.15) is 22.3 Å². The summed E-state index contributed by atoms with van der Waals surface area (Å²) < 4.78 is 13.3. The van der Waals surface area contributed by atoms with E-state index in [2.05, 4.69) is 205 Å². The smallest absolute Gasteiger partial charge is 0.164 e. The lowest BCUT2D eigenvalue weighted by atomic mass is 9.70. The number of benzene rings is 10. The molecule has 0 radical (unpaired) electrons. The van der Waals surface area contributed by atoms with E-state index in [0.29, 0.717) is 17.5 Å². The van der Waals surface area contributed by atoms with E-state index < -0.39 is 5.41 Å². The highest BCUT2D eigenvalue weighted by molar-refractivity contribution is 9.16. The summed E-state index contributed by atoms with van der Waals surface area (Å²) in [4.78, 5) is 15.2. The third kappa shape index (κ3) is 8.87. The highest BCUT2D eigenvalue weighted by atomic mass is 33.2. The van der Waals surface area contributed by atoms with Gasteiger partial charge in [-0.2, -0.15) is 0 Å². The van der Waals surface area contributed by atoms with Crippen LogP contribution in [0, 0.1) is 0 Å². The van der Waals surface area contributed by atoms with Gasteiger partial charge in [0.25, 0.3) is 0 Å². The predicted molar refractivity (Wildman–Crippen MR) is 364 cm³/mol. The Hall–Kier alpha value is -4.89. The topological polar surface area (TPSA) is 65.0 Å². The van der Waals surface area contributed by atoms with Crippen molar-refractivity contribution in [2.75, 3.05) is 0 Å². The van der Waals surface area contributed by atoms with E-state index in [9.17, 15) is 0 Å². The molecule has 3 heterocycles. The number of rotatable bonds is 8. The fourth-order valence-electron chi connectivity index (χ4n) is 12.1. The van der Waals surface area contributed by atoms with Crippen LogP contribution in [0.4, 0.5) is 0 Å². The van der Waals surface area contributed by atoms with Crippen molar-refractivity contribution >= 4 is 125 Å². The van der Waals surface area contributed by atoms with E-state index in [1.54, 1.807) is 0 Å². The molecule has 15 heteroatoms. The van der Waals surface area contributed by atoms with Gasteiger partial charge in [0, 0.05) is 38.2 Å². The zero-order valence-corrected chi connectivity index (χ0v) is 52.8. The molecule has 13 aromatic rings. The molecule has 0 N–H and O–H groups in total. The van der Waals surface area contributed by atoms with Crippen LogP contribution in [0.15, 0.2) is 233 Å². The van der Waals surface area contributed by atoms with Gasteiger partial charge in [-0.05, 0) is 131 Å². The third-order valence-corrected chi connectivity index (χ3v) is 64.8. The quantitative estimate of drug-likeness (QED) is 0.142. The summed E-state index contributed by atoms with van der Waals surface area (Å²) in [5, 5.41) is 4.07. The molecule has 6 unspecified atom stereocenters. The number of hydrogen-bond acceptors (Lipinski definition) is 5. The lowest BCUT2D eigenvalue weighted by Crippen LogP contribution is -2.25. The molecule has 0 saturated carbocycles. The summed E-state index contributed by atoms with van der Waals surface area (Å²) in [6.45, 7) is 0.623. The molecule has 5 nitrogen and oxygen atoms in total. The Labute approximate surface area is 476 Å². The molecule has 0 bridgehead atoms. The van der Waals surface area contributed by atoms with E-state index in [4.69, 9.17) is 23.8 Å². The average molecular weight is 1200 g/mol. The maximum atomic E-state index is 6.68. The lowest BCUT2D eigenvalue weighted by Gasteiger charge is -2.30. The van der Waals surface area contributed by atoms with Gasteiger partial charge in [-0.15, -0.1) is 53.6 Å². The normalized spacial score (nSPS) is 13.0. The maximum Gasteiger partial charge on any atom is 0.164 e. The fraction of sp³-hybridized carbons (Fsp3) is 0.0156. The second-order valence-electron chi connectivity index (χ2n) is 19.5. The molecule has 2 aliphatic rings. The van der Waals surface area contributed by atoms with Crippen LogP contribution in [-0.4, -0.2) is 15.0 Å². The molecule has 6 atom stereocenters. The van der Waals surface area contributed by atoms with Crippen molar-refractivity contribution in [1.29, 1.82) is 0 Å². The molecular formula is C64H49N3O2P10. The van der Waals surface area contributed by atoms with Crippen LogP contribution in [0.5, 0.6) is 0 Å². The summed E-state index contributed by atoms with van der Waals surface area (Å²) in [7, 11) is 17.7. The third-order valence-electron chi connectivity index (χ3n) is 15.2. The SMILES string of the molecule is PP(P)P(P(P)P)P(P)P.c1ccc(-c2nc(-c3ccccc3)nc(-c3cccc4oc5ccc(-c6cccc7oc8ccc(-c9cccc%10c9-c9ccccc9C%109c%10ccccc%10-c%10ccccc%109)cc8c67)cc5c34)n2)cc1. The molecule has 0 fully saturated rings. The Morgan fingerprint density at radius 2 is 0.696 bits per heavy atom. The van der Waals surface area contributed by atoms with Gasteiger partial charge in [0.2, 0.25) is 0 Å². The van der Waals surface area contributed by atoms with Gasteiger partial charge in [-0.1, -0.05) is 188 Å². The average Bonchev–Trinajstić information content (AvgIpc) is 2.30. The molecule has 10 aromatic carbocycles. The first kappa shape index (κ1) is 52.2. The minimum atomic E-state index is -0.414. The van der Waals surface area contributed by atoms with Crippen molar-refractivity contribution < 1.29 is 8.83 Å². The van der Waals surface area contributed by atoms with Crippen molar-refractivity contribution in [3.8, 4) is 78.7 Å². The summed E-state index contributed by atoms with van der Waals surface area (Å²) in [6, 6.07) is 79.7. The molecule has 3 aromatic heterocycles. The first-order valence-corrected chi connectivity index (χ1v) is 42.8. The Morgan fingerprint density at radius 1 is 0.304 bits per heavy atom. The van der Waals surface area contributed by atoms with Crippen molar-refractivity contribution in [3.63, 3.8) is 0 Å². The van der Waals surface area contributed by atoms with Crippen LogP contribution in [0.25, 0.3) is 123 Å². The Morgan fingerprint density at radius 3 is 1.22 bits per heavy atom. The maximum absolute atomic E-state index is 6.68. The molecular weight excluding hydrogens is 1150 g/mol. The lowest BCUT2D eigenvalue weighted by molar-refractivity contribution is 0.669. The van der Waals surface area contributed by atoms with Gasteiger partial charge in [-0.25, -0.2) is 15.0 Å². The summed E-state index contributed by atoms with van der Waals surface area (Å²) in [5.41, 5.74) is 20.5. The molecule has 0 amide bonds. The minimum Gasteiger partial charge on any atom is -0.456 e. The van der Waals surface area contributed by atoms with E-state index in [0.717, 1.165) is 77.3 Å². The van der Waals surface area contributed by atoms with Crippen molar-refractivity contribution in [1.82, 2.24) is 15.0 Å². The highest BCUT2D eigenvalue weighted by Gasteiger charge is 2.52. The first-order chi connectivity index (χ1) is 38.7. The van der Waals surface area contributed by atoms with Gasteiger partial charge in [0.1, 0.15) is 22.3 Å². The summed E-state index contributed by atoms with van der Waals surface area (Å²) in [5.74, 6) is 1.81. The van der Waals surface area contributed by atoms with Crippen LogP contribution < -0.4 is 0 Å². The number of nitrogens with zero attached hydrogens (tertiary/aromatic N) is 3. The predicted octanol–water partition coefficient (Wildman–Crippen LogP) is 21.7. The molecule has 0 saturated heterocycles. The minimum absolute atomic E-state index is 0.130. The highest BCUT2D eigenvalue weighted by Crippen LogP contribution is 3.10. The van der Waals surface area contributed by atoms with Gasteiger partial charge in [-0.3, -0.25) is 0 Å². The molecule has 382 valence electrons. The second-order valence-corrected chi connectivity index (χ2v) is 56.2. The van der Waals surface area contributed by atoms with Crippen molar-refractivity contribution in [2.24, 2.45) is 0 Å². The van der Waals surface area contributed by atoms with Crippen LogP contribution in [0.2, 0.25) is 0 Å². The van der Waals surface area contributed by atoms with E-state index >= 15 is 0 Å². The Kier molecular flexibility index (Phi) is 14.2. The second kappa shape index (κ2) is 21.5. The van der Waals surface area contributed by atoms with Gasteiger partial charge >= 0.3 is 0 Å². The Balaban J connectivity index is 0.000000517. The Bertz CT molecular complexity index is 4410. The van der Waals surface area contributed by atoms with Crippen molar-refractivity contribution in [2.45, 2.75) is 5.41 Å². The van der Waals surface area contributed by atoms with Crippen LogP contribution in [0.3, 0.4) is 0 Å².